The zero-order valence-corrected chi connectivity index (χ0v) is 17.5. The Morgan fingerprint density at radius 1 is 1.07 bits per heavy atom. The summed E-state index contributed by atoms with van der Waals surface area (Å²) in [4.78, 5) is 23.7. The molecule has 0 spiro atoms. The Morgan fingerprint density at radius 3 is 2.30 bits per heavy atom. The number of para-hydroxylation sites is 1. The number of carbonyl (C=O) groups excluding carboxylic acids is 2. The Bertz CT molecular complexity index is 1020. The fourth-order valence-corrected chi connectivity index (χ4v) is 4.02. The highest BCUT2D eigenvalue weighted by Gasteiger charge is 2.20. The third kappa shape index (κ3) is 6.23. The lowest BCUT2D eigenvalue weighted by molar-refractivity contribution is -0.142. The molecule has 0 atom stereocenters. The van der Waals surface area contributed by atoms with Crippen LogP contribution in [0.25, 0.3) is 6.08 Å². The predicted molar refractivity (Wildman–Crippen MR) is 112 cm³/mol. The minimum absolute atomic E-state index is 0.00570. The fraction of sp³-hybridized carbons (Fsp3) is 0.238. The number of ether oxygens (including phenoxy) is 1. The van der Waals surface area contributed by atoms with Gasteiger partial charge < -0.3 is 10.1 Å². The van der Waals surface area contributed by atoms with Crippen molar-refractivity contribution in [3.8, 4) is 0 Å². The SMILES string of the molecule is CCN(CC)S(=O)(=O)c1ccc(/C=C/C(=O)OCC(=O)Nc2ccccc2F)cc1. The fourth-order valence-electron chi connectivity index (χ4n) is 2.56. The van der Waals surface area contributed by atoms with Gasteiger partial charge >= 0.3 is 5.97 Å². The van der Waals surface area contributed by atoms with Crippen LogP contribution in [0.3, 0.4) is 0 Å². The van der Waals surface area contributed by atoms with Crippen LogP contribution >= 0.6 is 0 Å². The molecule has 2 aromatic rings. The van der Waals surface area contributed by atoms with Gasteiger partial charge in [0.15, 0.2) is 6.61 Å². The number of rotatable bonds is 9. The van der Waals surface area contributed by atoms with Crippen molar-refractivity contribution < 1.29 is 27.1 Å². The molecule has 0 bridgehead atoms. The van der Waals surface area contributed by atoms with Gasteiger partial charge in [-0.3, -0.25) is 4.79 Å². The number of amides is 1. The molecule has 9 heteroatoms. The Balaban J connectivity index is 1.90. The Labute approximate surface area is 175 Å². The number of nitrogens with zero attached hydrogens (tertiary/aromatic N) is 1. The zero-order valence-electron chi connectivity index (χ0n) is 16.7. The van der Waals surface area contributed by atoms with Crippen LogP contribution in [0.1, 0.15) is 19.4 Å². The first-order valence-electron chi connectivity index (χ1n) is 9.27. The molecule has 0 fully saturated rings. The second kappa shape index (κ2) is 10.7. The summed E-state index contributed by atoms with van der Waals surface area (Å²) in [7, 11) is -3.55. The van der Waals surface area contributed by atoms with Crippen LogP contribution in [0.15, 0.2) is 59.5 Å². The van der Waals surface area contributed by atoms with E-state index in [4.69, 9.17) is 4.74 Å². The van der Waals surface area contributed by atoms with Crippen molar-refractivity contribution in [2.24, 2.45) is 0 Å². The van der Waals surface area contributed by atoms with E-state index in [0.29, 0.717) is 18.7 Å². The van der Waals surface area contributed by atoms with Crippen LogP contribution in [0.5, 0.6) is 0 Å². The molecule has 160 valence electrons. The first-order chi connectivity index (χ1) is 14.3. The quantitative estimate of drug-likeness (QED) is 0.484. The summed E-state index contributed by atoms with van der Waals surface area (Å²) in [5.41, 5.74) is 0.579. The van der Waals surface area contributed by atoms with Gasteiger partial charge in [-0.2, -0.15) is 4.31 Å². The summed E-state index contributed by atoms with van der Waals surface area (Å²) in [6.45, 7) is 3.70. The predicted octanol–water partition coefficient (Wildman–Crippen LogP) is 3.05. The van der Waals surface area contributed by atoms with Gasteiger partial charge in [-0.15, -0.1) is 0 Å². The highest BCUT2D eigenvalue weighted by Crippen LogP contribution is 2.17. The lowest BCUT2D eigenvalue weighted by Crippen LogP contribution is -2.30. The number of esters is 1. The van der Waals surface area contributed by atoms with E-state index >= 15 is 0 Å². The molecular weight excluding hydrogens is 411 g/mol. The maximum Gasteiger partial charge on any atom is 0.331 e. The van der Waals surface area contributed by atoms with Crippen LogP contribution in [0.2, 0.25) is 0 Å². The Hall–Kier alpha value is -3.04. The first-order valence-corrected chi connectivity index (χ1v) is 10.7. The van der Waals surface area contributed by atoms with Crippen LogP contribution < -0.4 is 5.32 Å². The van der Waals surface area contributed by atoms with Gasteiger partial charge in [-0.25, -0.2) is 17.6 Å². The molecule has 0 unspecified atom stereocenters. The molecule has 0 radical (unpaired) electrons. The summed E-state index contributed by atoms with van der Waals surface area (Å²) in [5.74, 6) is -2.03. The highest BCUT2D eigenvalue weighted by molar-refractivity contribution is 7.89. The molecule has 0 aliphatic rings. The van der Waals surface area contributed by atoms with Crippen molar-refractivity contribution in [2.75, 3.05) is 25.0 Å². The summed E-state index contributed by atoms with van der Waals surface area (Å²) in [6.07, 6.45) is 2.55. The second-order valence-electron chi connectivity index (χ2n) is 6.13. The molecule has 0 aliphatic carbocycles. The summed E-state index contributed by atoms with van der Waals surface area (Å²) in [5, 5.41) is 2.30. The van der Waals surface area contributed by atoms with Gasteiger partial charge in [-0.05, 0) is 35.9 Å². The molecule has 0 aliphatic heterocycles. The van der Waals surface area contributed by atoms with Crippen molar-refractivity contribution in [1.29, 1.82) is 0 Å². The van der Waals surface area contributed by atoms with E-state index in [9.17, 15) is 22.4 Å². The third-order valence-electron chi connectivity index (χ3n) is 4.13. The second-order valence-corrected chi connectivity index (χ2v) is 8.07. The molecule has 0 saturated carbocycles. The van der Waals surface area contributed by atoms with E-state index in [0.717, 1.165) is 6.08 Å². The minimum Gasteiger partial charge on any atom is -0.452 e. The lowest BCUT2D eigenvalue weighted by atomic mass is 10.2. The number of sulfonamides is 1. The van der Waals surface area contributed by atoms with Crippen molar-refractivity contribution >= 4 is 33.7 Å². The zero-order chi connectivity index (χ0) is 22.1. The molecule has 2 rings (SSSR count). The summed E-state index contributed by atoms with van der Waals surface area (Å²) < 4.78 is 44.5. The number of nitrogens with one attached hydrogen (secondary N) is 1. The topological polar surface area (TPSA) is 92.8 Å². The van der Waals surface area contributed by atoms with Crippen molar-refractivity contribution in [2.45, 2.75) is 18.7 Å². The molecule has 30 heavy (non-hydrogen) atoms. The maximum atomic E-state index is 13.5. The number of carbonyl (C=O) groups is 2. The van der Waals surface area contributed by atoms with E-state index in [1.54, 1.807) is 32.0 Å². The van der Waals surface area contributed by atoms with Gasteiger partial charge in [0.2, 0.25) is 10.0 Å². The lowest BCUT2D eigenvalue weighted by Gasteiger charge is -2.18. The summed E-state index contributed by atoms with van der Waals surface area (Å²) in [6, 6.07) is 11.7. The monoisotopic (exact) mass is 434 g/mol. The standard InChI is InChI=1S/C21H23FN2O5S/c1-3-24(4-2)30(27,28)17-12-9-16(10-13-17)11-14-21(26)29-15-20(25)23-19-8-6-5-7-18(19)22/h5-14H,3-4,15H2,1-2H3,(H,23,25)/b14-11+. The molecular formula is C21H23FN2O5S. The Kier molecular flexibility index (Phi) is 8.25. The van der Waals surface area contributed by atoms with Gasteiger partial charge in [0.05, 0.1) is 10.6 Å². The molecule has 1 amide bonds. The molecule has 0 saturated heterocycles. The van der Waals surface area contributed by atoms with Crippen molar-refractivity contribution in [3.05, 3.63) is 66.0 Å². The van der Waals surface area contributed by atoms with Crippen LogP contribution in [-0.2, 0) is 24.3 Å². The molecule has 0 aromatic heterocycles. The van der Waals surface area contributed by atoms with Gasteiger partial charge in [0.1, 0.15) is 5.82 Å². The highest BCUT2D eigenvalue weighted by atomic mass is 32.2. The normalized spacial score (nSPS) is 11.6. The maximum absolute atomic E-state index is 13.5. The van der Waals surface area contributed by atoms with E-state index in [-0.39, 0.29) is 10.6 Å². The molecule has 2 aromatic carbocycles. The van der Waals surface area contributed by atoms with E-state index in [1.165, 1.54) is 40.7 Å². The van der Waals surface area contributed by atoms with Crippen molar-refractivity contribution in [3.63, 3.8) is 0 Å². The first kappa shape index (κ1) is 23.2. The third-order valence-corrected chi connectivity index (χ3v) is 6.19. The Morgan fingerprint density at radius 2 is 1.70 bits per heavy atom. The van der Waals surface area contributed by atoms with E-state index in [2.05, 4.69) is 5.32 Å². The summed E-state index contributed by atoms with van der Waals surface area (Å²) >= 11 is 0. The molecule has 0 heterocycles. The number of benzene rings is 2. The number of anilines is 1. The van der Waals surface area contributed by atoms with Crippen LogP contribution in [0.4, 0.5) is 10.1 Å². The number of hydrogen-bond donors (Lipinski definition) is 1. The largest absolute Gasteiger partial charge is 0.452 e. The number of hydrogen-bond acceptors (Lipinski definition) is 5. The van der Waals surface area contributed by atoms with Gasteiger partial charge in [0.25, 0.3) is 5.91 Å². The average Bonchev–Trinajstić information content (AvgIpc) is 2.73. The molecule has 1 N–H and O–H groups in total. The van der Waals surface area contributed by atoms with Crippen LogP contribution in [0, 0.1) is 5.82 Å². The van der Waals surface area contributed by atoms with E-state index in [1.807, 2.05) is 0 Å². The minimum atomic E-state index is -3.55. The molecule has 7 nitrogen and oxygen atoms in total. The van der Waals surface area contributed by atoms with E-state index < -0.39 is 34.3 Å². The smallest absolute Gasteiger partial charge is 0.331 e. The average molecular weight is 434 g/mol. The van der Waals surface area contributed by atoms with Gasteiger partial charge in [-0.1, -0.05) is 38.1 Å². The van der Waals surface area contributed by atoms with Crippen molar-refractivity contribution in [1.82, 2.24) is 4.31 Å². The van der Waals surface area contributed by atoms with Gasteiger partial charge in [0, 0.05) is 19.2 Å². The number of halogens is 1. The van der Waals surface area contributed by atoms with Crippen LogP contribution in [-0.4, -0.2) is 44.3 Å².